The molecule has 3 heterocycles. The molecule has 103 heavy (non-hydrogen) atoms. The predicted molar refractivity (Wildman–Crippen MR) is 384 cm³/mol. The largest absolute Gasteiger partial charge is 0.480 e. The maximum absolute atomic E-state index is 13.6. The molecule has 7 rings (SSSR count). The normalized spacial score (nSPS) is 18.7. The number of carboxylic acid groups (broad SMARTS) is 3. The molecule has 10 N–H and O–H groups in total. The Labute approximate surface area is 603 Å². The molecule has 1 fully saturated rings. The molecule has 0 bridgehead atoms. The summed E-state index contributed by atoms with van der Waals surface area (Å²) in [6.45, 7) is 10.6. The first kappa shape index (κ1) is 83.0. The van der Waals surface area contributed by atoms with Gasteiger partial charge in [0.1, 0.15) is 24.1 Å². The van der Waals surface area contributed by atoms with E-state index in [-0.39, 0.29) is 118 Å². The van der Waals surface area contributed by atoms with Gasteiger partial charge in [0.05, 0.1) is 52.0 Å². The lowest BCUT2D eigenvalue weighted by Crippen LogP contribution is -2.52. The molecule has 3 aliphatic heterocycles. The molecule has 0 radical (unpaired) electrons. The Morgan fingerprint density at radius 3 is 1.63 bits per heavy atom. The molecule has 0 spiro atoms. The molecule has 0 unspecified atom stereocenters. The minimum atomic E-state index is -4.61. The van der Waals surface area contributed by atoms with Gasteiger partial charge in [0.15, 0.2) is 5.71 Å². The molecule has 3 aromatic carbocycles. The number of nitrogens with one attached hydrogen (secondary N) is 3. The lowest BCUT2D eigenvalue weighted by Gasteiger charge is -2.33. The second kappa shape index (κ2) is 36.6. The number of anilines is 1. The van der Waals surface area contributed by atoms with Crippen molar-refractivity contribution in [2.45, 2.75) is 136 Å². The second-order valence-electron chi connectivity index (χ2n) is 27.3. The van der Waals surface area contributed by atoms with Crippen LogP contribution in [0.4, 0.5) is 11.4 Å². The fraction of sp³-hybridized carbons (Fsp3) is 0.536. The zero-order valence-corrected chi connectivity index (χ0v) is 62.1. The first-order chi connectivity index (χ1) is 48.3. The lowest BCUT2D eigenvalue weighted by atomic mass is 9.81. The number of allylic oxidation sites excluding steroid dienone is 7. The summed E-state index contributed by atoms with van der Waals surface area (Å²) in [7, 11) is -16.5. The van der Waals surface area contributed by atoms with Gasteiger partial charge in [0.25, 0.3) is 40.5 Å². The summed E-state index contributed by atoms with van der Waals surface area (Å²) in [5.74, 6) is -3.83. The summed E-state index contributed by atoms with van der Waals surface area (Å²) in [4.78, 5) is 69.6. The number of rotatable bonds is 35. The highest BCUT2D eigenvalue weighted by Crippen LogP contribution is 2.49. The Bertz CT molecular complexity index is 4180. The molecule has 1 aliphatic carbocycles. The topological polar surface area (TPSA) is 428 Å². The van der Waals surface area contributed by atoms with Gasteiger partial charge in [0.2, 0.25) is 17.5 Å². The summed E-state index contributed by atoms with van der Waals surface area (Å²) in [5.41, 5.74) is 3.87. The van der Waals surface area contributed by atoms with Crippen LogP contribution >= 0.6 is 0 Å². The molecule has 0 aromatic heterocycles. The number of fused-ring (bicyclic) bond motifs is 2. The monoisotopic (exact) mass is 1520 g/mol. The standard InChI is InChI=1S/C69H97N9O21S4/c1-68(2)55-43-53(102(93,94)95)24-26-58(55)77(32-11-7-6-9-30-71-31-10-8-17-57(67(86)70-5)72-62(79)45-73-34-36-74(46-63(80)81)38-40-76(48-65(84)85)41-39-75(37-35-73)47-64(82)83)60(68)28-18-49-15-14-16-50(66(49)99-51-20-22-52(23-21-51)101(90,91)92)19-29-61-69(3,4)56-44-54(103(96,97)98)25-27-59(56)78(61)33-12-13-42-100(87,88)89/h18-29,43-44,57,71H,6-17,30-42,45-48H2,1-5H3,(H8-,70,72,79,80,81,82,83,84,85,86,87,88,89,90,91,92,93,94,95,96,97,98)/p+1/t57-/m0/s1. The van der Waals surface area contributed by atoms with Gasteiger partial charge >= 0.3 is 17.9 Å². The number of carbonyl (C=O) groups excluding carboxylic acids is 2. The molecule has 0 saturated carbocycles. The number of unbranched alkanes of at least 4 members (excludes halogenated alkanes) is 5. The smallest absolute Gasteiger partial charge is 0.317 e. The zero-order chi connectivity index (χ0) is 75.7. The van der Waals surface area contributed by atoms with E-state index < -0.39 is 86.9 Å². The van der Waals surface area contributed by atoms with Gasteiger partial charge in [-0.2, -0.15) is 38.2 Å². The van der Waals surface area contributed by atoms with E-state index in [1.807, 2.05) is 56.9 Å². The number of nitrogens with zero attached hydrogens (tertiary/aromatic N) is 6. The van der Waals surface area contributed by atoms with E-state index in [0.29, 0.717) is 98.4 Å². The van der Waals surface area contributed by atoms with Crippen molar-refractivity contribution in [2.24, 2.45) is 0 Å². The molecule has 1 atom stereocenters. The summed E-state index contributed by atoms with van der Waals surface area (Å²) in [6, 6.07) is 13.2. The minimum Gasteiger partial charge on any atom is -0.480 e. The highest BCUT2D eigenvalue weighted by atomic mass is 32.2. The van der Waals surface area contributed by atoms with Crippen LogP contribution in [-0.2, 0) is 75.3 Å². The number of likely N-dealkylation sites (N-methyl/N-ethyl adjacent to an activating group) is 1. The van der Waals surface area contributed by atoms with Gasteiger partial charge in [-0.25, -0.2) is 0 Å². The van der Waals surface area contributed by atoms with Crippen LogP contribution in [-0.4, -0.2) is 250 Å². The zero-order valence-electron chi connectivity index (χ0n) is 58.8. The van der Waals surface area contributed by atoms with Gasteiger partial charge in [0, 0.05) is 107 Å². The Kier molecular flexibility index (Phi) is 29.5. The van der Waals surface area contributed by atoms with Crippen molar-refractivity contribution < 1.29 is 100 Å². The summed E-state index contributed by atoms with van der Waals surface area (Å²) in [5, 5.41) is 37.7. The van der Waals surface area contributed by atoms with Crippen molar-refractivity contribution in [1.82, 2.24) is 35.6 Å². The molecule has 3 aromatic rings. The average Bonchev–Trinajstić information content (AvgIpc) is 1.59. The van der Waals surface area contributed by atoms with E-state index in [4.69, 9.17) is 4.74 Å². The number of ether oxygens (including phenoxy) is 1. The van der Waals surface area contributed by atoms with E-state index in [2.05, 4.69) is 20.5 Å². The van der Waals surface area contributed by atoms with E-state index in [1.54, 1.807) is 31.7 Å². The third kappa shape index (κ3) is 24.4. The van der Waals surface area contributed by atoms with E-state index in [1.165, 1.54) is 55.6 Å². The molecule has 30 nitrogen and oxygen atoms in total. The fourth-order valence-corrected chi connectivity index (χ4v) is 15.5. The van der Waals surface area contributed by atoms with E-state index in [0.717, 1.165) is 42.7 Å². The summed E-state index contributed by atoms with van der Waals surface area (Å²) < 4.78 is 146. The van der Waals surface area contributed by atoms with Crippen LogP contribution in [0.15, 0.2) is 122 Å². The Morgan fingerprint density at radius 1 is 0.583 bits per heavy atom. The molecule has 2 amide bonds. The Hall–Kier alpha value is -7.32. The van der Waals surface area contributed by atoms with Gasteiger partial charge in [-0.15, -0.1) is 0 Å². The van der Waals surface area contributed by atoms with E-state index in [9.17, 15) is 91.2 Å². The van der Waals surface area contributed by atoms with E-state index >= 15 is 0 Å². The van der Waals surface area contributed by atoms with Crippen LogP contribution in [0.3, 0.4) is 0 Å². The molecular formula is C69H98N9O21S4+. The second-order valence-corrected chi connectivity index (χ2v) is 33.1. The van der Waals surface area contributed by atoms with Crippen molar-refractivity contribution in [1.29, 1.82) is 0 Å². The quantitative estimate of drug-likeness (QED) is 0.0206. The van der Waals surface area contributed by atoms with Crippen molar-refractivity contribution in [3.05, 3.63) is 119 Å². The van der Waals surface area contributed by atoms with Crippen LogP contribution in [0.2, 0.25) is 0 Å². The molecule has 568 valence electrons. The number of benzene rings is 3. The van der Waals surface area contributed by atoms with Crippen LogP contribution in [0.25, 0.3) is 0 Å². The van der Waals surface area contributed by atoms with Gasteiger partial charge < -0.3 is 40.9 Å². The molecular weight excluding hydrogens is 1420 g/mol. The maximum Gasteiger partial charge on any atom is 0.317 e. The molecule has 4 aliphatic rings. The van der Waals surface area contributed by atoms with Crippen molar-refractivity contribution in [3.63, 3.8) is 0 Å². The average molecular weight is 1520 g/mol. The summed E-state index contributed by atoms with van der Waals surface area (Å²) >= 11 is 0. The number of amides is 2. The maximum atomic E-state index is 13.6. The van der Waals surface area contributed by atoms with Crippen molar-refractivity contribution >= 4 is 87.3 Å². The minimum absolute atomic E-state index is 0.119. The molecule has 1 saturated heterocycles. The van der Waals surface area contributed by atoms with Crippen molar-refractivity contribution in [3.8, 4) is 5.75 Å². The number of aliphatic carboxylic acids is 3. The lowest BCUT2D eigenvalue weighted by molar-refractivity contribution is -0.438. The fourth-order valence-electron chi connectivity index (χ4n) is 13.4. The van der Waals surface area contributed by atoms with Gasteiger partial charge in [-0.3, -0.25) is 61.8 Å². The number of carboxylic acids is 3. The van der Waals surface area contributed by atoms with Crippen LogP contribution < -0.4 is 25.6 Å². The van der Waals surface area contributed by atoms with Gasteiger partial charge in [-0.05, 0) is 175 Å². The highest BCUT2D eigenvalue weighted by Gasteiger charge is 2.45. The number of hydrogen-bond acceptors (Lipinski definition) is 20. The first-order valence-electron chi connectivity index (χ1n) is 34.3. The third-order valence-corrected chi connectivity index (χ3v) is 22.3. The first-order valence-corrected chi connectivity index (χ1v) is 40.2. The van der Waals surface area contributed by atoms with Crippen molar-refractivity contribution in [2.75, 3.05) is 122 Å². The van der Waals surface area contributed by atoms with Crippen LogP contribution in [0, 0.1) is 0 Å². The highest BCUT2D eigenvalue weighted by molar-refractivity contribution is 7.86. The Morgan fingerprint density at radius 2 is 1.10 bits per heavy atom. The number of carbonyl (C=O) groups is 5. The van der Waals surface area contributed by atoms with Crippen LogP contribution in [0.1, 0.15) is 116 Å². The summed E-state index contributed by atoms with van der Waals surface area (Å²) in [6.07, 6.45) is 14.6. The SMILES string of the molecule is CNC(=O)[C@H](CCCCNCCCCCC[N+]1=C(/C=C/C2=C(Oc3ccc(S(=O)(=O)O)cc3)C(=C/C=C3/N(CCCCS(=O)(=O)O)c4ccc(S(=O)(=O)O)cc4C3(C)C)/CCC2)C(C)(C)c2cc(S(=O)(=O)O)ccc21)NC(=O)CN1CCN(CC(=O)O)CCN(CC(=O)O)CCN(CC(=O)O)CC1. The predicted octanol–water partition coefficient (Wildman–Crippen LogP) is 5.18. The number of hydrogen-bond donors (Lipinski definition) is 10. The molecule has 34 heteroatoms. The Balaban J connectivity index is 1.03. The van der Waals surface area contributed by atoms with Gasteiger partial charge in [-0.1, -0.05) is 26.3 Å². The van der Waals surface area contributed by atoms with Crippen LogP contribution in [0.5, 0.6) is 5.75 Å². The third-order valence-electron chi connectivity index (χ3n) is 18.9.